The number of aryl methyl sites for hydroxylation is 1. The number of halogens is 1. The summed E-state index contributed by atoms with van der Waals surface area (Å²) in [4.78, 5) is 12.1. The topological polar surface area (TPSA) is 38.3 Å². The molecule has 1 amide bonds. The van der Waals surface area contributed by atoms with E-state index < -0.39 is 11.9 Å². The molecule has 0 aliphatic rings. The lowest BCUT2D eigenvalue weighted by molar-refractivity contribution is -0.122. The Bertz CT molecular complexity index is 698. The number of anilines is 1. The van der Waals surface area contributed by atoms with Crippen molar-refractivity contribution in [3.63, 3.8) is 0 Å². The predicted molar refractivity (Wildman–Crippen MR) is 90.4 cm³/mol. The van der Waals surface area contributed by atoms with Crippen LogP contribution in [0.2, 0.25) is 0 Å². The second-order valence-corrected chi connectivity index (χ2v) is 5.93. The zero-order valence-corrected chi connectivity index (χ0v) is 13.9. The first-order chi connectivity index (χ1) is 10.9. The van der Waals surface area contributed by atoms with E-state index in [9.17, 15) is 9.18 Å². The molecule has 0 saturated carbocycles. The van der Waals surface area contributed by atoms with E-state index >= 15 is 0 Å². The van der Waals surface area contributed by atoms with Crippen molar-refractivity contribution >= 4 is 11.6 Å². The van der Waals surface area contributed by atoms with Gasteiger partial charge in [-0.2, -0.15) is 0 Å². The van der Waals surface area contributed by atoms with E-state index in [2.05, 4.69) is 19.2 Å². The van der Waals surface area contributed by atoms with Gasteiger partial charge in [0.25, 0.3) is 5.91 Å². The summed E-state index contributed by atoms with van der Waals surface area (Å²) in [6, 6.07) is 11.6. The number of hydrogen-bond acceptors (Lipinski definition) is 2. The number of benzene rings is 2. The Morgan fingerprint density at radius 3 is 2.48 bits per heavy atom. The molecule has 0 fully saturated rings. The second-order valence-electron chi connectivity index (χ2n) is 5.93. The van der Waals surface area contributed by atoms with Crippen molar-refractivity contribution in [1.29, 1.82) is 0 Å². The standard InChI is InChI=1S/C19H22FNO2/c1-12(2)18-9-8-17(10-13(18)3)23-14(4)19(22)21-16-7-5-6-15(20)11-16/h5-12,14H,1-4H3,(H,21,22). The number of carbonyl (C=O) groups excluding carboxylic acids is 1. The molecule has 0 aliphatic carbocycles. The van der Waals surface area contributed by atoms with Crippen molar-refractivity contribution in [3.05, 3.63) is 59.4 Å². The minimum absolute atomic E-state index is 0.318. The molecule has 1 atom stereocenters. The Labute approximate surface area is 136 Å². The van der Waals surface area contributed by atoms with Crippen LogP contribution in [-0.2, 0) is 4.79 Å². The van der Waals surface area contributed by atoms with Gasteiger partial charge in [0.05, 0.1) is 0 Å². The molecule has 0 aliphatic heterocycles. The molecule has 3 nitrogen and oxygen atoms in total. The van der Waals surface area contributed by atoms with Crippen molar-refractivity contribution in [2.45, 2.75) is 39.7 Å². The zero-order chi connectivity index (χ0) is 17.0. The fourth-order valence-electron chi connectivity index (χ4n) is 2.44. The maximum absolute atomic E-state index is 13.1. The van der Waals surface area contributed by atoms with Crippen LogP contribution in [0.15, 0.2) is 42.5 Å². The number of amides is 1. The van der Waals surface area contributed by atoms with Gasteiger partial charge in [0.15, 0.2) is 6.10 Å². The minimum Gasteiger partial charge on any atom is -0.481 e. The summed E-state index contributed by atoms with van der Waals surface area (Å²) in [5, 5.41) is 2.64. The highest BCUT2D eigenvalue weighted by Crippen LogP contribution is 2.24. The first-order valence-corrected chi connectivity index (χ1v) is 7.70. The molecule has 2 aromatic carbocycles. The fourth-order valence-corrected chi connectivity index (χ4v) is 2.44. The van der Waals surface area contributed by atoms with Gasteiger partial charge in [0.1, 0.15) is 11.6 Å². The van der Waals surface area contributed by atoms with Gasteiger partial charge in [-0.25, -0.2) is 4.39 Å². The highest BCUT2D eigenvalue weighted by Gasteiger charge is 2.16. The van der Waals surface area contributed by atoms with Gasteiger partial charge in [0, 0.05) is 5.69 Å². The molecular formula is C19H22FNO2. The SMILES string of the molecule is Cc1cc(OC(C)C(=O)Nc2cccc(F)c2)ccc1C(C)C. The second kappa shape index (κ2) is 7.27. The largest absolute Gasteiger partial charge is 0.481 e. The van der Waals surface area contributed by atoms with Gasteiger partial charge in [-0.05, 0) is 61.2 Å². The molecule has 0 heterocycles. The Kier molecular flexibility index (Phi) is 5.37. The van der Waals surface area contributed by atoms with E-state index in [1.165, 1.54) is 17.7 Å². The van der Waals surface area contributed by atoms with Crippen LogP contribution in [0, 0.1) is 12.7 Å². The van der Waals surface area contributed by atoms with Gasteiger partial charge in [-0.15, -0.1) is 0 Å². The van der Waals surface area contributed by atoms with E-state index in [0.717, 1.165) is 5.56 Å². The number of hydrogen-bond donors (Lipinski definition) is 1. The number of ether oxygens (including phenoxy) is 1. The summed E-state index contributed by atoms with van der Waals surface area (Å²) in [6.07, 6.45) is -0.678. The third kappa shape index (κ3) is 4.55. The molecule has 0 spiro atoms. The molecule has 122 valence electrons. The van der Waals surface area contributed by atoms with Gasteiger partial charge in [-0.1, -0.05) is 26.0 Å². The number of rotatable bonds is 5. The van der Waals surface area contributed by atoms with Crippen molar-refractivity contribution in [1.82, 2.24) is 0 Å². The van der Waals surface area contributed by atoms with Crippen LogP contribution in [0.3, 0.4) is 0 Å². The Morgan fingerprint density at radius 1 is 1.13 bits per heavy atom. The van der Waals surface area contributed by atoms with Crippen LogP contribution in [0.5, 0.6) is 5.75 Å². The quantitative estimate of drug-likeness (QED) is 0.871. The van der Waals surface area contributed by atoms with Crippen LogP contribution in [0.4, 0.5) is 10.1 Å². The maximum Gasteiger partial charge on any atom is 0.265 e. The highest BCUT2D eigenvalue weighted by molar-refractivity contribution is 5.94. The lowest BCUT2D eigenvalue weighted by Gasteiger charge is -2.17. The van der Waals surface area contributed by atoms with Crippen LogP contribution >= 0.6 is 0 Å². The van der Waals surface area contributed by atoms with Crippen molar-refractivity contribution in [3.8, 4) is 5.75 Å². The monoisotopic (exact) mass is 315 g/mol. The summed E-state index contributed by atoms with van der Waals surface area (Å²) < 4.78 is 18.8. The Hall–Kier alpha value is -2.36. The third-order valence-electron chi connectivity index (χ3n) is 3.64. The summed E-state index contributed by atoms with van der Waals surface area (Å²) in [5.74, 6) is 0.379. The summed E-state index contributed by atoms with van der Waals surface area (Å²) in [7, 11) is 0. The van der Waals surface area contributed by atoms with E-state index in [4.69, 9.17) is 4.74 Å². The molecule has 1 N–H and O–H groups in total. The smallest absolute Gasteiger partial charge is 0.265 e. The van der Waals surface area contributed by atoms with Crippen LogP contribution in [-0.4, -0.2) is 12.0 Å². The average Bonchev–Trinajstić information content (AvgIpc) is 2.46. The molecule has 1 unspecified atom stereocenters. The molecule has 0 saturated heterocycles. The van der Waals surface area contributed by atoms with E-state index in [-0.39, 0.29) is 5.91 Å². The highest BCUT2D eigenvalue weighted by atomic mass is 19.1. The summed E-state index contributed by atoms with van der Waals surface area (Å²) in [6.45, 7) is 7.97. The summed E-state index contributed by atoms with van der Waals surface area (Å²) >= 11 is 0. The molecule has 0 bridgehead atoms. The molecule has 0 radical (unpaired) electrons. The lowest BCUT2D eigenvalue weighted by Crippen LogP contribution is -2.30. The fraction of sp³-hybridized carbons (Fsp3) is 0.316. The predicted octanol–water partition coefficient (Wildman–Crippen LogP) is 4.66. The van der Waals surface area contributed by atoms with Gasteiger partial charge in [-0.3, -0.25) is 4.79 Å². The normalized spacial score (nSPS) is 12.1. The Balaban J connectivity index is 2.02. The lowest BCUT2D eigenvalue weighted by atomic mass is 9.98. The third-order valence-corrected chi connectivity index (χ3v) is 3.64. The minimum atomic E-state index is -0.678. The van der Waals surface area contributed by atoms with Gasteiger partial charge in [0.2, 0.25) is 0 Å². The van der Waals surface area contributed by atoms with Crippen LogP contribution < -0.4 is 10.1 Å². The van der Waals surface area contributed by atoms with Crippen LogP contribution in [0.1, 0.15) is 37.8 Å². The van der Waals surface area contributed by atoms with Crippen LogP contribution in [0.25, 0.3) is 0 Å². The number of nitrogens with one attached hydrogen (secondary N) is 1. The van der Waals surface area contributed by atoms with E-state index in [0.29, 0.717) is 17.4 Å². The molecule has 2 aromatic rings. The molecule has 4 heteroatoms. The number of carbonyl (C=O) groups is 1. The van der Waals surface area contributed by atoms with E-state index in [1.807, 2.05) is 25.1 Å². The summed E-state index contributed by atoms with van der Waals surface area (Å²) in [5.41, 5.74) is 2.81. The van der Waals surface area contributed by atoms with Crippen molar-refractivity contribution in [2.75, 3.05) is 5.32 Å². The van der Waals surface area contributed by atoms with Gasteiger partial charge < -0.3 is 10.1 Å². The van der Waals surface area contributed by atoms with Gasteiger partial charge >= 0.3 is 0 Å². The van der Waals surface area contributed by atoms with Crippen molar-refractivity contribution in [2.24, 2.45) is 0 Å². The first kappa shape index (κ1) is 17.0. The Morgan fingerprint density at radius 2 is 1.87 bits per heavy atom. The average molecular weight is 315 g/mol. The van der Waals surface area contributed by atoms with Crippen molar-refractivity contribution < 1.29 is 13.9 Å². The maximum atomic E-state index is 13.1. The zero-order valence-electron chi connectivity index (χ0n) is 13.9. The molecule has 23 heavy (non-hydrogen) atoms. The molecule has 0 aromatic heterocycles. The molecular weight excluding hydrogens is 293 g/mol. The first-order valence-electron chi connectivity index (χ1n) is 7.70. The molecule has 2 rings (SSSR count). The van der Waals surface area contributed by atoms with E-state index in [1.54, 1.807) is 19.1 Å².